The minimum absolute atomic E-state index is 0.664. The Kier molecular flexibility index (Phi) is 3.18. The van der Waals surface area contributed by atoms with Crippen LogP contribution < -0.4 is 0 Å². The minimum Gasteiger partial charge on any atom is -0.299 e. The smallest absolute Gasteiger partial charge is 0.0376 e. The van der Waals surface area contributed by atoms with Gasteiger partial charge in [-0.2, -0.15) is 0 Å². The fraction of sp³-hybridized carbons (Fsp3) is 0.579. The van der Waals surface area contributed by atoms with E-state index in [1.54, 1.807) is 5.57 Å². The van der Waals surface area contributed by atoms with Gasteiger partial charge in [0.2, 0.25) is 0 Å². The highest BCUT2D eigenvalue weighted by Crippen LogP contribution is 2.46. The van der Waals surface area contributed by atoms with Crippen molar-refractivity contribution in [2.24, 2.45) is 17.8 Å². The molecule has 0 N–H and O–H groups in total. The maximum Gasteiger partial charge on any atom is 0.0376 e. The molecule has 0 amide bonds. The standard InChI is InChI=1S/C19H25N/c1-20(13-14-7-8-14)19-17-10-9-15(11-17)12-18(19)16-5-3-2-4-6-16/h2-6,12,14-15,17,19H,7-11,13H2,1H3/t15?,17?,19-/m0/s1. The molecule has 2 unspecified atom stereocenters. The first kappa shape index (κ1) is 12.6. The maximum atomic E-state index is 2.67. The third-order valence-corrected chi connectivity index (χ3v) is 5.52. The predicted octanol–water partition coefficient (Wildman–Crippen LogP) is 4.21. The van der Waals surface area contributed by atoms with Gasteiger partial charge in [-0.25, -0.2) is 0 Å². The molecule has 2 fully saturated rings. The monoisotopic (exact) mass is 267 g/mol. The molecule has 106 valence electrons. The second-order valence-electron chi connectivity index (χ2n) is 7.15. The molecule has 0 aliphatic heterocycles. The molecule has 1 heteroatoms. The Bertz CT molecular complexity index is 500. The van der Waals surface area contributed by atoms with Crippen LogP contribution in [0.3, 0.4) is 0 Å². The quantitative estimate of drug-likeness (QED) is 0.790. The van der Waals surface area contributed by atoms with Gasteiger partial charge in [0.05, 0.1) is 0 Å². The zero-order chi connectivity index (χ0) is 13.5. The van der Waals surface area contributed by atoms with E-state index in [9.17, 15) is 0 Å². The third-order valence-electron chi connectivity index (χ3n) is 5.52. The zero-order valence-electron chi connectivity index (χ0n) is 12.5. The van der Waals surface area contributed by atoms with Gasteiger partial charge >= 0.3 is 0 Å². The molecule has 1 aromatic carbocycles. The van der Waals surface area contributed by atoms with Gasteiger partial charge < -0.3 is 0 Å². The Morgan fingerprint density at radius 1 is 1.05 bits per heavy atom. The van der Waals surface area contributed by atoms with E-state index in [0.717, 1.165) is 17.8 Å². The van der Waals surface area contributed by atoms with Gasteiger partial charge in [0, 0.05) is 12.6 Å². The van der Waals surface area contributed by atoms with Crippen LogP contribution in [0.1, 0.15) is 37.7 Å². The van der Waals surface area contributed by atoms with E-state index in [1.807, 2.05) is 0 Å². The van der Waals surface area contributed by atoms with Crippen LogP contribution in [-0.2, 0) is 0 Å². The van der Waals surface area contributed by atoms with Crippen LogP contribution in [0.25, 0.3) is 5.57 Å². The van der Waals surface area contributed by atoms with Crippen LogP contribution in [0.5, 0.6) is 0 Å². The van der Waals surface area contributed by atoms with Gasteiger partial charge in [-0.15, -0.1) is 0 Å². The van der Waals surface area contributed by atoms with Crippen molar-refractivity contribution in [3.63, 3.8) is 0 Å². The molecule has 0 saturated heterocycles. The lowest BCUT2D eigenvalue weighted by Crippen LogP contribution is -2.40. The Balaban J connectivity index is 1.65. The summed E-state index contributed by atoms with van der Waals surface area (Å²) in [5, 5.41) is 0. The van der Waals surface area contributed by atoms with Crippen LogP contribution in [0.4, 0.5) is 0 Å². The fourth-order valence-corrected chi connectivity index (χ4v) is 4.41. The molecule has 0 radical (unpaired) electrons. The van der Waals surface area contributed by atoms with Crippen molar-refractivity contribution < 1.29 is 0 Å². The molecule has 3 aliphatic rings. The number of likely N-dealkylation sites (N-methyl/N-ethyl adjacent to an activating group) is 1. The highest BCUT2D eigenvalue weighted by Gasteiger charge is 2.40. The molecule has 3 aliphatic carbocycles. The molecular weight excluding hydrogens is 242 g/mol. The van der Waals surface area contributed by atoms with E-state index in [4.69, 9.17) is 0 Å². The molecule has 1 aromatic rings. The van der Waals surface area contributed by atoms with Crippen LogP contribution in [0.15, 0.2) is 36.4 Å². The van der Waals surface area contributed by atoms with Crippen molar-refractivity contribution in [3.05, 3.63) is 42.0 Å². The second kappa shape index (κ2) is 5.04. The lowest BCUT2D eigenvalue weighted by Gasteiger charge is -2.37. The van der Waals surface area contributed by atoms with Gasteiger partial charge in [0.15, 0.2) is 0 Å². The topological polar surface area (TPSA) is 3.24 Å². The first-order chi connectivity index (χ1) is 9.81. The molecular formula is C19H25N. The number of benzene rings is 1. The predicted molar refractivity (Wildman–Crippen MR) is 84.4 cm³/mol. The van der Waals surface area contributed by atoms with E-state index in [2.05, 4.69) is 48.4 Å². The molecule has 20 heavy (non-hydrogen) atoms. The summed E-state index contributed by atoms with van der Waals surface area (Å²) in [6, 6.07) is 11.8. The lowest BCUT2D eigenvalue weighted by molar-refractivity contribution is 0.209. The SMILES string of the molecule is CN(CC1CC1)[C@@H]1C(c2ccccc2)=CC2CCC1C2. The largest absolute Gasteiger partial charge is 0.299 e. The van der Waals surface area contributed by atoms with Gasteiger partial charge in [0.1, 0.15) is 0 Å². The van der Waals surface area contributed by atoms with Crippen molar-refractivity contribution in [1.82, 2.24) is 4.90 Å². The summed E-state index contributed by atoms with van der Waals surface area (Å²) in [5.74, 6) is 2.72. The lowest BCUT2D eigenvalue weighted by atomic mass is 9.80. The summed E-state index contributed by atoms with van der Waals surface area (Å²) in [7, 11) is 2.36. The highest BCUT2D eigenvalue weighted by molar-refractivity contribution is 5.71. The van der Waals surface area contributed by atoms with Gasteiger partial charge in [-0.3, -0.25) is 4.90 Å². The summed E-state index contributed by atoms with van der Waals surface area (Å²) in [6.45, 7) is 1.30. The number of allylic oxidation sites excluding steroid dienone is 1. The normalized spacial score (nSPS) is 32.5. The zero-order valence-corrected chi connectivity index (χ0v) is 12.5. The molecule has 3 atom stereocenters. The van der Waals surface area contributed by atoms with Crippen molar-refractivity contribution in [2.75, 3.05) is 13.6 Å². The fourth-order valence-electron chi connectivity index (χ4n) is 4.41. The van der Waals surface area contributed by atoms with E-state index < -0.39 is 0 Å². The Labute approximate surface area is 122 Å². The van der Waals surface area contributed by atoms with Crippen molar-refractivity contribution in [2.45, 2.75) is 38.1 Å². The Morgan fingerprint density at radius 2 is 1.85 bits per heavy atom. The highest BCUT2D eigenvalue weighted by atomic mass is 15.1. The summed E-state index contributed by atoms with van der Waals surface area (Å²) in [6.07, 6.45) is 9.78. The van der Waals surface area contributed by atoms with Crippen molar-refractivity contribution in [1.29, 1.82) is 0 Å². The van der Waals surface area contributed by atoms with Crippen LogP contribution in [0.2, 0.25) is 0 Å². The number of hydrogen-bond acceptors (Lipinski definition) is 1. The average molecular weight is 267 g/mol. The average Bonchev–Trinajstić information content (AvgIpc) is 3.21. The number of rotatable bonds is 4. The third kappa shape index (κ3) is 2.33. The first-order valence-electron chi connectivity index (χ1n) is 8.28. The summed E-state index contributed by atoms with van der Waals surface area (Å²) < 4.78 is 0. The van der Waals surface area contributed by atoms with E-state index >= 15 is 0 Å². The molecule has 0 aromatic heterocycles. The van der Waals surface area contributed by atoms with Gasteiger partial charge in [0.25, 0.3) is 0 Å². The van der Waals surface area contributed by atoms with Crippen molar-refractivity contribution in [3.8, 4) is 0 Å². The van der Waals surface area contributed by atoms with Crippen molar-refractivity contribution >= 4 is 5.57 Å². The van der Waals surface area contributed by atoms with Crippen LogP contribution >= 0.6 is 0 Å². The summed E-state index contributed by atoms with van der Waals surface area (Å²) in [5.41, 5.74) is 3.07. The second-order valence-corrected chi connectivity index (χ2v) is 7.15. The molecule has 2 bridgehead atoms. The van der Waals surface area contributed by atoms with Gasteiger partial charge in [-0.05, 0) is 68.0 Å². The summed E-state index contributed by atoms with van der Waals surface area (Å²) >= 11 is 0. The molecule has 0 heterocycles. The molecule has 4 rings (SSSR count). The Morgan fingerprint density at radius 3 is 2.60 bits per heavy atom. The first-order valence-corrected chi connectivity index (χ1v) is 8.28. The molecule has 1 nitrogen and oxygen atoms in total. The maximum absolute atomic E-state index is 2.67. The van der Waals surface area contributed by atoms with E-state index in [-0.39, 0.29) is 0 Å². The number of fused-ring (bicyclic) bond motifs is 2. The summed E-state index contributed by atoms with van der Waals surface area (Å²) in [4.78, 5) is 2.67. The van der Waals surface area contributed by atoms with E-state index in [0.29, 0.717) is 6.04 Å². The van der Waals surface area contributed by atoms with E-state index in [1.165, 1.54) is 44.2 Å². The minimum atomic E-state index is 0.664. The Hall–Kier alpha value is -1.08. The number of nitrogens with zero attached hydrogens (tertiary/aromatic N) is 1. The number of hydrogen-bond donors (Lipinski definition) is 0. The van der Waals surface area contributed by atoms with Crippen LogP contribution in [0, 0.1) is 17.8 Å². The molecule has 0 spiro atoms. The van der Waals surface area contributed by atoms with Gasteiger partial charge in [-0.1, -0.05) is 36.4 Å². The molecule has 2 saturated carbocycles. The van der Waals surface area contributed by atoms with Crippen LogP contribution in [-0.4, -0.2) is 24.5 Å².